The summed E-state index contributed by atoms with van der Waals surface area (Å²) in [5.74, 6) is 0.806. The van der Waals surface area contributed by atoms with Crippen LogP contribution >= 0.6 is 23.2 Å². The number of hydrogen-bond donors (Lipinski definition) is 0. The van der Waals surface area contributed by atoms with Crippen molar-refractivity contribution in [3.05, 3.63) is 21.7 Å². The van der Waals surface area contributed by atoms with Gasteiger partial charge in [0, 0.05) is 12.2 Å². The predicted octanol–water partition coefficient (Wildman–Crippen LogP) is 4.32. The van der Waals surface area contributed by atoms with Crippen LogP contribution in [0.5, 0.6) is 0 Å². The van der Waals surface area contributed by atoms with E-state index in [1.54, 1.807) is 0 Å². The second-order valence-corrected chi connectivity index (χ2v) is 5.95. The first kappa shape index (κ1) is 14.0. The zero-order valence-corrected chi connectivity index (χ0v) is 12.5. The average molecular weight is 289 g/mol. The Bertz CT molecular complexity index is 420. The molecule has 1 atom stereocenters. The number of hydrogen-bond acceptors (Lipinski definition) is 3. The number of nitrogens with zero attached hydrogens (tertiary/aromatic N) is 2. The van der Waals surface area contributed by atoms with Crippen molar-refractivity contribution < 1.29 is 4.74 Å². The van der Waals surface area contributed by atoms with Gasteiger partial charge in [-0.05, 0) is 32.1 Å². The minimum atomic E-state index is -0.457. The van der Waals surface area contributed by atoms with Gasteiger partial charge in [-0.2, -0.15) is 0 Å². The molecule has 1 aliphatic rings. The van der Waals surface area contributed by atoms with Crippen molar-refractivity contribution in [1.82, 2.24) is 9.97 Å². The van der Waals surface area contributed by atoms with Crippen LogP contribution in [0.2, 0.25) is 10.3 Å². The van der Waals surface area contributed by atoms with E-state index in [4.69, 9.17) is 27.9 Å². The topological polar surface area (TPSA) is 35.0 Å². The zero-order chi connectivity index (χ0) is 13.3. The third-order valence-electron chi connectivity index (χ3n) is 3.37. The Labute approximate surface area is 118 Å². The molecule has 0 N–H and O–H groups in total. The van der Waals surface area contributed by atoms with Gasteiger partial charge in [0.2, 0.25) is 0 Å². The lowest BCUT2D eigenvalue weighted by Crippen LogP contribution is -2.32. The van der Waals surface area contributed by atoms with Gasteiger partial charge in [0.25, 0.3) is 0 Å². The van der Waals surface area contributed by atoms with E-state index < -0.39 is 5.60 Å². The highest BCUT2D eigenvalue weighted by atomic mass is 35.5. The maximum atomic E-state index is 6.22. The Balaban J connectivity index is 2.41. The lowest BCUT2D eigenvalue weighted by molar-refractivity contribution is -0.0760. The first-order valence-electron chi connectivity index (χ1n) is 6.31. The molecule has 2 heterocycles. The molecule has 1 aliphatic heterocycles. The minimum absolute atomic E-state index is 0.208. The van der Waals surface area contributed by atoms with Crippen molar-refractivity contribution in [3.8, 4) is 0 Å². The van der Waals surface area contributed by atoms with Crippen LogP contribution < -0.4 is 0 Å². The van der Waals surface area contributed by atoms with Crippen LogP contribution in [-0.4, -0.2) is 16.6 Å². The SMILES string of the molecule is CC(C)c1c(Cl)nc(C2(C)CCCCO2)nc1Cl. The number of halogens is 2. The molecule has 5 heteroatoms. The molecule has 18 heavy (non-hydrogen) atoms. The lowest BCUT2D eigenvalue weighted by Gasteiger charge is -2.32. The van der Waals surface area contributed by atoms with Crippen molar-refractivity contribution in [2.24, 2.45) is 0 Å². The van der Waals surface area contributed by atoms with Crippen LogP contribution in [0, 0.1) is 0 Å². The van der Waals surface area contributed by atoms with Crippen LogP contribution in [0.4, 0.5) is 0 Å². The maximum absolute atomic E-state index is 6.22. The van der Waals surface area contributed by atoms with E-state index in [1.807, 2.05) is 20.8 Å². The fourth-order valence-corrected chi connectivity index (χ4v) is 3.06. The molecule has 1 aromatic heterocycles. The van der Waals surface area contributed by atoms with Gasteiger partial charge in [-0.15, -0.1) is 0 Å². The van der Waals surface area contributed by atoms with Gasteiger partial charge in [-0.25, -0.2) is 9.97 Å². The van der Waals surface area contributed by atoms with Gasteiger partial charge >= 0.3 is 0 Å². The van der Waals surface area contributed by atoms with E-state index in [0.717, 1.165) is 31.4 Å². The summed E-state index contributed by atoms with van der Waals surface area (Å²) in [6.45, 7) is 6.79. The normalized spacial score (nSPS) is 24.6. The third-order valence-corrected chi connectivity index (χ3v) is 3.95. The lowest BCUT2D eigenvalue weighted by atomic mass is 9.95. The smallest absolute Gasteiger partial charge is 0.163 e. The fraction of sp³-hybridized carbons (Fsp3) is 0.692. The molecular formula is C13H18Cl2N2O. The highest BCUT2D eigenvalue weighted by Gasteiger charge is 2.34. The first-order valence-corrected chi connectivity index (χ1v) is 7.07. The van der Waals surface area contributed by atoms with E-state index in [1.165, 1.54) is 0 Å². The monoisotopic (exact) mass is 288 g/mol. The molecule has 0 amide bonds. The van der Waals surface area contributed by atoms with E-state index in [2.05, 4.69) is 9.97 Å². The van der Waals surface area contributed by atoms with Crippen molar-refractivity contribution in [1.29, 1.82) is 0 Å². The molecule has 3 nitrogen and oxygen atoms in total. The molecule has 1 unspecified atom stereocenters. The Morgan fingerprint density at radius 3 is 2.22 bits per heavy atom. The molecule has 0 aromatic carbocycles. The Kier molecular flexibility index (Phi) is 4.15. The summed E-state index contributed by atoms with van der Waals surface area (Å²) in [5, 5.41) is 0.880. The Morgan fingerprint density at radius 1 is 1.17 bits per heavy atom. The predicted molar refractivity (Wildman–Crippen MR) is 73.3 cm³/mol. The van der Waals surface area contributed by atoms with E-state index in [-0.39, 0.29) is 5.92 Å². The van der Waals surface area contributed by atoms with Crippen molar-refractivity contribution in [3.63, 3.8) is 0 Å². The van der Waals surface area contributed by atoms with E-state index in [9.17, 15) is 0 Å². The van der Waals surface area contributed by atoms with Gasteiger partial charge in [-0.1, -0.05) is 37.0 Å². The van der Waals surface area contributed by atoms with E-state index in [0.29, 0.717) is 16.1 Å². The molecule has 2 rings (SSSR count). The fourth-order valence-electron chi connectivity index (χ4n) is 2.24. The summed E-state index contributed by atoms with van der Waals surface area (Å²) in [5.41, 5.74) is 0.350. The van der Waals surface area contributed by atoms with Crippen molar-refractivity contribution in [2.75, 3.05) is 6.61 Å². The summed E-state index contributed by atoms with van der Waals surface area (Å²) in [7, 11) is 0. The second kappa shape index (κ2) is 5.32. The molecular weight excluding hydrogens is 271 g/mol. The summed E-state index contributed by atoms with van der Waals surface area (Å²) in [6, 6.07) is 0. The Morgan fingerprint density at radius 2 is 1.78 bits per heavy atom. The standard InChI is InChI=1S/C13H18Cl2N2O/c1-8(2)9-10(14)16-12(17-11(9)15)13(3)6-4-5-7-18-13/h8H,4-7H2,1-3H3. The summed E-state index contributed by atoms with van der Waals surface area (Å²) < 4.78 is 5.82. The minimum Gasteiger partial charge on any atom is -0.367 e. The van der Waals surface area contributed by atoms with Gasteiger partial charge in [0.1, 0.15) is 15.9 Å². The largest absolute Gasteiger partial charge is 0.367 e. The Hall–Kier alpha value is -0.380. The molecule has 100 valence electrons. The van der Waals surface area contributed by atoms with E-state index >= 15 is 0 Å². The van der Waals surface area contributed by atoms with Gasteiger partial charge in [-0.3, -0.25) is 0 Å². The van der Waals surface area contributed by atoms with Crippen LogP contribution in [0.1, 0.15) is 57.3 Å². The van der Waals surface area contributed by atoms with Crippen molar-refractivity contribution >= 4 is 23.2 Å². The van der Waals surface area contributed by atoms with Crippen LogP contribution in [0.25, 0.3) is 0 Å². The van der Waals surface area contributed by atoms with Crippen LogP contribution in [-0.2, 0) is 10.3 Å². The molecule has 1 fully saturated rings. The van der Waals surface area contributed by atoms with Crippen molar-refractivity contribution in [2.45, 2.75) is 51.6 Å². The second-order valence-electron chi connectivity index (χ2n) is 5.23. The van der Waals surface area contributed by atoms with Crippen LogP contribution in [0.3, 0.4) is 0 Å². The molecule has 0 saturated carbocycles. The average Bonchev–Trinajstić information content (AvgIpc) is 2.28. The highest BCUT2D eigenvalue weighted by molar-refractivity contribution is 6.34. The molecule has 1 saturated heterocycles. The molecule has 0 aliphatic carbocycles. The van der Waals surface area contributed by atoms with Gasteiger partial charge in [0.05, 0.1) is 0 Å². The number of aromatic nitrogens is 2. The van der Waals surface area contributed by atoms with Gasteiger partial charge < -0.3 is 4.74 Å². The summed E-state index contributed by atoms with van der Waals surface area (Å²) in [4.78, 5) is 8.79. The third kappa shape index (κ3) is 2.63. The molecule has 0 bridgehead atoms. The zero-order valence-electron chi connectivity index (χ0n) is 11.0. The maximum Gasteiger partial charge on any atom is 0.163 e. The first-order chi connectivity index (χ1) is 8.44. The molecule has 0 spiro atoms. The summed E-state index contributed by atoms with van der Waals surface area (Å²) >= 11 is 12.4. The quantitative estimate of drug-likeness (QED) is 0.760. The van der Waals surface area contributed by atoms with Gasteiger partial charge in [0.15, 0.2) is 5.82 Å². The molecule has 0 radical (unpaired) electrons. The highest BCUT2D eigenvalue weighted by Crippen LogP contribution is 2.36. The van der Waals surface area contributed by atoms with Crippen LogP contribution in [0.15, 0.2) is 0 Å². The number of ether oxygens (including phenoxy) is 1. The number of rotatable bonds is 2. The molecule has 1 aromatic rings. The summed E-state index contributed by atoms with van der Waals surface area (Å²) in [6.07, 6.45) is 3.10.